The molecule has 1 aliphatic heterocycles. The molecule has 0 radical (unpaired) electrons. The van der Waals surface area contributed by atoms with Gasteiger partial charge in [0, 0.05) is 44.0 Å². The standard InChI is InChI=1S/C13H21N3/c1-13(2,12-4-3-5-14-9-12)10-16-8-11-6-15-7-11/h3-5,9,11,15-16H,6-8,10H2,1-2H3. The lowest BCUT2D eigenvalue weighted by Gasteiger charge is -2.30. The Hall–Kier alpha value is -0.930. The minimum absolute atomic E-state index is 0.158. The molecular weight excluding hydrogens is 198 g/mol. The fourth-order valence-corrected chi connectivity index (χ4v) is 1.95. The topological polar surface area (TPSA) is 37.0 Å². The smallest absolute Gasteiger partial charge is 0.0305 e. The van der Waals surface area contributed by atoms with Crippen molar-refractivity contribution in [2.45, 2.75) is 19.3 Å². The van der Waals surface area contributed by atoms with Crippen LogP contribution in [0.25, 0.3) is 0 Å². The maximum atomic E-state index is 4.18. The summed E-state index contributed by atoms with van der Waals surface area (Å²) in [6.45, 7) is 8.98. The molecule has 0 spiro atoms. The Morgan fingerprint density at radius 2 is 2.31 bits per heavy atom. The van der Waals surface area contributed by atoms with Crippen LogP contribution in [0.1, 0.15) is 19.4 Å². The van der Waals surface area contributed by atoms with Gasteiger partial charge in [-0.25, -0.2) is 0 Å². The number of aromatic nitrogens is 1. The average molecular weight is 219 g/mol. The highest BCUT2D eigenvalue weighted by Gasteiger charge is 2.22. The van der Waals surface area contributed by atoms with Gasteiger partial charge in [-0.15, -0.1) is 0 Å². The maximum absolute atomic E-state index is 4.18. The normalized spacial score (nSPS) is 17.1. The molecule has 16 heavy (non-hydrogen) atoms. The van der Waals surface area contributed by atoms with Crippen molar-refractivity contribution in [2.75, 3.05) is 26.2 Å². The second kappa shape index (κ2) is 4.93. The van der Waals surface area contributed by atoms with Gasteiger partial charge >= 0.3 is 0 Å². The van der Waals surface area contributed by atoms with E-state index in [-0.39, 0.29) is 5.41 Å². The summed E-state index contributed by atoms with van der Waals surface area (Å²) in [7, 11) is 0. The number of hydrogen-bond acceptors (Lipinski definition) is 3. The molecule has 2 heterocycles. The van der Waals surface area contributed by atoms with Crippen LogP contribution in [0.2, 0.25) is 0 Å². The summed E-state index contributed by atoms with van der Waals surface area (Å²) in [6.07, 6.45) is 3.79. The number of hydrogen-bond donors (Lipinski definition) is 2. The van der Waals surface area contributed by atoms with E-state index in [1.54, 1.807) is 0 Å². The highest BCUT2D eigenvalue weighted by molar-refractivity contribution is 5.19. The molecule has 1 fully saturated rings. The average Bonchev–Trinajstić information content (AvgIpc) is 2.23. The predicted octanol–water partition coefficient (Wildman–Crippen LogP) is 1.17. The molecule has 0 unspecified atom stereocenters. The van der Waals surface area contributed by atoms with Crippen LogP contribution in [0, 0.1) is 5.92 Å². The van der Waals surface area contributed by atoms with E-state index in [9.17, 15) is 0 Å². The third-order valence-electron chi connectivity index (χ3n) is 3.31. The molecule has 3 nitrogen and oxygen atoms in total. The molecule has 0 atom stereocenters. The molecular formula is C13H21N3. The van der Waals surface area contributed by atoms with Gasteiger partial charge in [-0.3, -0.25) is 4.98 Å². The van der Waals surface area contributed by atoms with Gasteiger partial charge in [-0.2, -0.15) is 0 Å². The first-order valence-electron chi connectivity index (χ1n) is 6.00. The molecule has 2 rings (SSSR count). The van der Waals surface area contributed by atoms with Crippen LogP contribution in [-0.2, 0) is 5.41 Å². The zero-order valence-electron chi connectivity index (χ0n) is 10.2. The van der Waals surface area contributed by atoms with Crippen LogP contribution in [-0.4, -0.2) is 31.2 Å². The Bertz CT molecular complexity index is 317. The summed E-state index contributed by atoms with van der Waals surface area (Å²) in [6, 6.07) is 4.16. The summed E-state index contributed by atoms with van der Waals surface area (Å²) in [5.74, 6) is 0.824. The lowest BCUT2D eigenvalue weighted by atomic mass is 9.85. The summed E-state index contributed by atoms with van der Waals surface area (Å²) in [4.78, 5) is 4.18. The summed E-state index contributed by atoms with van der Waals surface area (Å²) in [5.41, 5.74) is 1.46. The van der Waals surface area contributed by atoms with Gasteiger partial charge in [-0.05, 0) is 17.5 Å². The number of pyridine rings is 1. The molecule has 0 amide bonds. The molecule has 1 aromatic heterocycles. The van der Waals surface area contributed by atoms with Crippen LogP contribution in [0.3, 0.4) is 0 Å². The van der Waals surface area contributed by atoms with E-state index in [0.717, 1.165) is 19.0 Å². The zero-order chi connectivity index (χ0) is 11.4. The van der Waals surface area contributed by atoms with E-state index >= 15 is 0 Å². The van der Waals surface area contributed by atoms with Gasteiger partial charge in [-0.1, -0.05) is 19.9 Å². The van der Waals surface area contributed by atoms with E-state index in [0.29, 0.717) is 0 Å². The third kappa shape index (κ3) is 2.80. The van der Waals surface area contributed by atoms with E-state index in [1.165, 1.54) is 18.7 Å². The first-order chi connectivity index (χ1) is 7.68. The highest BCUT2D eigenvalue weighted by atomic mass is 15.0. The van der Waals surface area contributed by atoms with Gasteiger partial charge in [0.15, 0.2) is 0 Å². The lowest BCUT2D eigenvalue weighted by Crippen LogP contribution is -2.48. The van der Waals surface area contributed by atoms with E-state index in [2.05, 4.69) is 35.5 Å². The SMILES string of the molecule is CC(C)(CNCC1CNC1)c1cccnc1. The largest absolute Gasteiger partial charge is 0.316 e. The maximum Gasteiger partial charge on any atom is 0.0305 e. The highest BCUT2D eigenvalue weighted by Crippen LogP contribution is 2.20. The van der Waals surface area contributed by atoms with Crippen molar-refractivity contribution in [1.82, 2.24) is 15.6 Å². The molecule has 88 valence electrons. The van der Waals surface area contributed by atoms with Gasteiger partial charge in [0.25, 0.3) is 0 Å². The second-order valence-electron chi connectivity index (χ2n) is 5.28. The molecule has 1 saturated heterocycles. The summed E-state index contributed by atoms with van der Waals surface area (Å²) >= 11 is 0. The van der Waals surface area contributed by atoms with Crippen LogP contribution >= 0.6 is 0 Å². The van der Waals surface area contributed by atoms with Gasteiger partial charge in [0.05, 0.1) is 0 Å². The molecule has 2 N–H and O–H groups in total. The van der Waals surface area contributed by atoms with Crippen LogP contribution in [0.15, 0.2) is 24.5 Å². The van der Waals surface area contributed by atoms with Crippen molar-refractivity contribution in [3.63, 3.8) is 0 Å². The van der Waals surface area contributed by atoms with Crippen LogP contribution in [0.5, 0.6) is 0 Å². The summed E-state index contributed by atoms with van der Waals surface area (Å²) in [5, 5.41) is 6.85. The lowest BCUT2D eigenvalue weighted by molar-refractivity contribution is 0.319. The van der Waals surface area contributed by atoms with Crippen molar-refractivity contribution >= 4 is 0 Å². The first kappa shape index (κ1) is 11.6. The Morgan fingerprint density at radius 3 is 2.88 bits per heavy atom. The molecule has 1 aliphatic rings. The van der Waals surface area contributed by atoms with E-state index in [1.807, 2.05) is 18.5 Å². The fraction of sp³-hybridized carbons (Fsp3) is 0.615. The van der Waals surface area contributed by atoms with Crippen molar-refractivity contribution in [2.24, 2.45) is 5.92 Å². The minimum atomic E-state index is 0.158. The molecule has 1 aromatic rings. The fourth-order valence-electron chi connectivity index (χ4n) is 1.95. The van der Waals surface area contributed by atoms with Crippen molar-refractivity contribution in [3.8, 4) is 0 Å². The van der Waals surface area contributed by atoms with E-state index < -0.39 is 0 Å². The Balaban J connectivity index is 1.82. The minimum Gasteiger partial charge on any atom is -0.316 e. The Morgan fingerprint density at radius 1 is 1.50 bits per heavy atom. The zero-order valence-corrected chi connectivity index (χ0v) is 10.2. The quantitative estimate of drug-likeness (QED) is 0.780. The molecule has 0 aliphatic carbocycles. The molecule has 0 saturated carbocycles. The van der Waals surface area contributed by atoms with Gasteiger partial charge in [0.2, 0.25) is 0 Å². The number of nitrogens with zero attached hydrogens (tertiary/aromatic N) is 1. The number of rotatable bonds is 5. The predicted molar refractivity (Wildman–Crippen MR) is 66.5 cm³/mol. The monoisotopic (exact) mass is 219 g/mol. The van der Waals surface area contributed by atoms with Crippen molar-refractivity contribution in [1.29, 1.82) is 0 Å². The third-order valence-corrected chi connectivity index (χ3v) is 3.31. The molecule has 0 aromatic carbocycles. The van der Waals surface area contributed by atoms with Crippen LogP contribution in [0.4, 0.5) is 0 Å². The Labute approximate surface area is 97.7 Å². The Kier molecular flexibility index (Phi) is 3.56. The molecule has 0 bridgehead atoms. The van der Waals surface area contributed by atoms with E-state index in [4.69, 9.17) is 0 Å². The van der Waals surface area contributed by atoms with Crippen LogP contribution < -0.4 is 10.6 Å². The second-order valence-corrected chi connectivity index (χ2v) is 5.28. The number of nitrogens with one attached hydrogen (secondary N) is 2. The first-order valence-corrected chi connectivity index (χ1v) is 6.00. The van der Waals surface area contributed by atoms with Crippen molar-refractivity contribution in [3.05, 3.63) is 30.1 Å². The van der Waals surface area contributed by atoms with Crippen molar-refractivity contribution < 1.29 is 0 Å². The summed E-state index contributed by atoms with van der Waals surface area (Å²) < 4.78 is 0. The van der Waals surface area contributed by atoms with Gasteiger partial charge < -0.3 is 10.6 Å². The molecule has 3 heteroatoms. The van der Waals surface area contributed by atoms with Gasteiger partial charge in [0.1, 0.15) is 0 Å².